The van der Waals surface area contributed by atoms with E-state index < -0.39 is 0 Å². The van der Waals surface area contributed by atoms with Crippen molar-refractivity contribution in [2.75, 3.05) is 23.7 Å². The largest absolute Gasteiger partial charge is 0.368 e. The molecule has 3 aromatic rings. The average Bonchev–Trinajstić information content (AvgIpc) is 2.66. The molecule has 5 nitrogen and oxygen atoms in total. The summed E-state index contributed by atoms with van der Waals surface area (Å²) in [5.41, 5.74) is 3.40. The standard InChI is InChI=1S/C20H23N5/c1-16-19(21-14-12-17-8-4-2-5-9-17)23-20(25-24-16)22-15-13-18-10-6-3-7-11-18/h2-11H,12-15H2,1H3,(H2,21,22,23,25). The summed E-state index contributed by atoms with van der Waals surface area (Å²) < 4.78 is 0. The third-order valence-electron chi connectivity index (χ3n) is 3.94. The van der Waals surface area contributed by atoms with Crippen LogP contribution in [0.5, 0.6) is 0 Å². The van der Waals surface area contributed by atoms with Gasteiger partial charge in [0, 0.05) is 13.1 Å². The molecule has 0 unspecified atom stereocenters. The predicted octanol–water partition coefficient (Wildman–Crippen LogP) is 3.49. The molecule has 5 heteroatoms. The van der Waals surface area contributed by atoms with Crippen molar-refractivity contribution in [3.63, 3.8) is 0 Å². The van der Waals surface area contributed by atoms with Gasteiger partial charge in [-0.2, -0.15) is 4.98 Å². The number of nitrogens with zero attached hydrogens (tertiary/aromatic N) is 3. The fourth-order valence-electron chi connectivity index (χ4n) is 2.55. The zero-order valence-electron chi connectivity index (χ0n) is 14.4. The minimum absolute atomic E-state index is 0.559. The lowest BCUT2D eigenvalue weighted by atomic mass is 10.1. The average molecular weight is 333 g/mol. The van der Waals surface area contributed by atoms with Gasteiger partial charge in [0.1, 0.15) is 5.69 Å². The minimum Gasteiger partial charge on any atom is -0.368 e. The lowest BCUT2D eigenvalue weighted by molar-refractivity contribution is 0.891. The van der Waals surface area contributed by atoms with Crippen LogP contribution in [-0.2, 0) is 12.8 Å². The number of rotatable bonds is 8. The van der Waals surface area contributed by atoms with Gasteiger partial charge >= 0.3 is 0 Å². The molecule has 1 heterocycles. The fourth-order valence-corrected chi connectivity index (χ4v) is 2.55. The van der Waals surface area contributed by atoms with Crippen LogP contribution < -0.4 is 10.6 Å². The monoisotopic (exact) mass is 333 g/mol. The van der Waals surface area contributed by atoms with E-state index in [0.717, 1.165) is 37.4 Å². The van der Waals surface area contributed by atoms with Crippen molar-refractivity contribution in [3.05, 3.63) is 77.5 Å². The van der Waals surface area contributed by atoms with Gasteiger partial charge in [0.15, 0.2) is 5.82 Å². The van der Waals surface area contributed by atoms with Gasteiger partial charge in [-0.3, -0.25) is 0 Å². The van der Waals surface area contributed by atoms with E-state index in [1.165, 1.54) is 11.1 Å². The molecule has 1 aromatic heterocycles. The summed E-state index contributed by atoms with van der Waals surface area (Å²) in [5, 5.41) is 14.9. The number of aryl methyl sites for hydroxylation is 1. The topological polar surface area (TPSA) is 62.7 Å². The number of hydrogen-bond donors (Lipinski definition) is 2. The van der Waals surface area contributed by atoms with E-state index in [4.69, 9.17) is 0 Å². The number of benzene rings is 2. The Morgan fingerprint density at radius 2 is 1.28 bits per heavy atom. The molecule has 0 aliphatic rings. The first-order valence-electron chi connectivity index (χ1n) is 8.58. The third kappa shape index (κ3) is 5.28. The zero-order valence-corrected chi connectivity index (χ0v) is 14.4. The second-order valence-corrected chi connectivity index (χ2v) is 5.89. The van der Waals surface area contributed by atoms with Crippen LogP contribution in [0.1, 0.15) is 16.8 Å². The Balaban J connectivity index is 1.51. The Kier molecular flexibility index (Phi) is 5.93. The molecule has 0 radical (unpaired) electrons. The highest BCUT2D eigenvalue weighted by Crippen LogP contribution is 2.10. The number of anilines is 2. The van der Waals surface area contributed by atoms with Crippen molar-refractivity contribution in [3.8, 4) is 0 Å². The highest BCUT2D eigenvalue weighted by Gasteiger charge is 2.05. The van der Waals surface area contributed by atoms with Crippen LogP contribution in [0.4, 0.5) is 11.8 Å². The Morgan fingerprint density at radius 1 is 0.720 bits per heavy atom. The van der Waals surface area contributed by atoms with E-state index in [0.29, 0.717) is 5.95 Å². The van der Waals surface area contributed by atoms with Crippen molar-refractivity contribution in [2.24, 2.45) is 0 Å². The van der Waals surface area contributed by atoms with Crippen LogP contribution in [0.25, 0.3) is 0 Å². The predicted molar refractivity (Wildman–Crippen MR) is 102 cm³/mol. The van der Waals surface area contributed by atoms with Gasteiger partial charge < -0.3 is 10.6 Å². The van der Waals surface area contributed by atoms with Gasteiger partial charge in [-0.25, -0.2) is 0 Å². The summed E-state index contributed by atoms with van der Waals surface area (Å²) in [4.78, 5) is 4.54. The van der Waals surface area contributed by atoms with Crippen molar-refractivity contribution < 1.29 is 0 Å². The van der Waals surface area contributed by atoms with Gasteiger partial charge in [0.25, 0.3) is 0 Å². The molecule has 0 aliphatic heterocycles. The molecular formula is C20H23N5. The SMILES string of the molecule is Cc1nnc(NCCc2ccccc2)nc1NCCc1ccccc1. The first kappa shape index (κ1) is 16.9. The van der Waals surface area contributed by atoms with E-state index in [9.17, 15) is 0 Å². The van der Waals surface area contributed by atoms with Crippen LogP contribution in [0.15, 0.2) is 60.7 Å². The molecule has 0 bridgehead atoms. The van der Waals surface area contributed by atoms with E-state index in [2.05, 4.69) is 62.2 Å². The lowest BCUT2D eigenvalue weighted by Gasteiger charge is -2.10. The van der Waals surface area contributed by atoms with Crippen molar-refractivity contribution in [1.29, 1.82) is 0 Å². The molecular weight excluding hydrogens is 310 g/mol. The van der Waals surface area contributed by atoms with Gasteiger partial charge in [0.05, 0.1) is 0 Å². The Morgan fingerprint density at radius 3 is 1.88 bits per heavy atom. The van der Waals surface area contributed by atoms with Crippen LogP contribution in [0.2, 0.25) is 0 Å². The summed E-state index contributed by atoms with van der Waals surface area (Å²) in [5.74, 6) is 1.34. The van der Waals surface area contributed by atoms with Crippen molar-refractivity contribution in [2.45, 2.75) is 19.8 Å². The highest BCUT2D eigenvalue weighted by molar-refractivity contribution is 5.43. The quantitative estimate of drug-likeness (QED) is 0.661. The third-order valence-corrected chi connectivity index (χ3v) is 3.94. The summed E-state index contributed by atoms with van der Waals surface area (Å²) in [6, 6.07) is 20.8. The van der Waals surface area contributed by atoms with Crippen LogP contribution in [0, 0.1) is 6.92 Å². The maximum atomic E-state index is 4.54. The first-order chi connectivity index (χ1) is 12.3. The maximum absolute atomic E-state index is 4.54. The molecule has 25 heavy (non-hydrogen) atoms. The van der Waals surface area contributed by atoms with Crippen LogP contribution >= 0.6 is 0 Å². The Labute approximate surface area is 148 Å². The van der Waals surface area contributed by atoms with Crippen LogP contribution in [0.3, 0.4) is 0 Å². The Hall–Kier alpha value is -2.95. The van der Waals surface area contributed by atoms with Gasteiger partial charge in [-0.1, -0.05) is 60.7 Å². The second kappa shape index (κ2) is 8.78. The second-order valence-electron chi connectivity index (χ2n) is 5.89. The molecule has 0 fully saturated rings. The molecule has 3 rings (SSSR count). The highest BCUT2D eigenvalue weighted by atomic mass is 15.3. The van der Waals surface area contributed by atoms with E-state index in [1.807, 2.05) is 31.2 Å². The zero-order chi connectivity index (χ0) is 17.3. The first-order valence-corrected chi connectivity index (χ1v) is 8.58. The smallest absolute Gasteiger partial charge is 0.244 e. The van der Waals surface area contributed by atoms with Gasteiger partial charge in [-0.05, 0) is 30.9 Å². The summed E-state index contributed by atoms with van der Waals surface area (Å²) in [7, 11) is 0. The fraction of sp³-hybridized carbons (Fsp3) is 0.250. The molecule has 2 N–H and O–H groups in total. The lowest BCUT2D eigenvalue weighted by Crippen LogP contribution is -2.13. The van der Waals surface area contributed by atoms with Crippen molar-refractivity contribution in [1.82, 2.24) is 15.2 Å². The molecule has 128 valence electrons. The molecule has 0 spiro atoms. The van der Waals surface area contributed by atoms with Gasteiger partial charge in [-0.15, -0.1) is 10.2 Å². The van der Waals surface area contributed by atoms with E-state index in [-0.39, 0.29) is 0 Å². The molecule has 2 aromatic carbocycles. The number of aromatic nitrogens is 3. The van der Waals surface area contributed by atoms with E-state index in [1.54, 1.807) is 0 Å². The minimum atomic E-state index is 0.559. The molecule has 0 aliphatic carbocycles. The normalized spacial score (nSPS) is 10.4. The number of hydrogen-bond acceptors (Lipinski definition) is 5. The summed E-state index contributed by atoms with van der Waals surface area (Å²) >= 11 is 0. The van der Waals surface area contributed by atoms with E-state index >= 15 is 0 Å². The maximum Gasteiger partial charge on any atom is 0.244 e. The Bertz CT molecular complexity index is 775. The molecule has 0 amide bonds. The van der Waals surface area contributed by atoms with Gasteiger partial charge in [0.2, 0.25) is 5.95 Å². The molecule has 0 atom stereocenters. The van der Waals surface area contributed by atoms with Crippen LogP contribution in [-0.4, -0.2) is 28.3 Å². The molecule has 0 saturated carbocycles. The summed E-state index contributed by atoms with van der Waals surface area (Å²) in [6.45, 7) is 3.50. The molecule has 0 saturated heterocycles. The summed E-state index contributed by atoms with van der Waals surface area (Å²) in [6.07, 6.45) is 1.87. The number of nitrogens with one attached hydrogen (secondary N) is 2. The van der Waals surface area contributed by atoms with Crippen molar-refractivity contribution >= 4 is 11.8 Å².